The summed E-state index contributed by atoms with van der Waals surface area (Å²) in [5, 5.41) is 0.733. The number of carbonyl (C=O) groups is 1. The average Bonchev–Trinajstić information content (AvgIpc) is 3.17. The van der Waals surface area contributed by atoms with Crippen molar-refractivity contribution in [2.24, 2.45) is 0 Å². The van der Waals surface area contributed by atoms with Crippen LogP contribution in [0.1, 0.15) is 29.0 Å². The Morgan fingerprint density at radius 2 is 1.80 bits per heavy atom. The minimum Gasteiger partial charge on any atom is -0.319 e. The van der Waals surface area contributed by atoms with E-state index in [-0.39, 0.29) is 17.3 Å². The molecule has 0 saturated carbocycles. The Labute approximate surface area is 158 Å². The van der Waals surface area contributed by atoms with Crippen LogP contribution in [0.25, 0.3) is 0 Å². The van der Waals surface area contributed by atoms with Crippen molar-refractivity contribution in [2.75, 3.05) is 10.7 Å². The summed E-state index contributed by atoms with van der Waals surface area (Å²) < 4.78 is 0. The molecule has 0 aromatic heterocycles. The van der Waals surface area contributed by atoms with Crippen molar-refractivity contribution in [3.05, 3.63) is 65.2 Å². The van der Waals surface area contributed by atoms with Crippen molar-refractivity contribution in [1.82, 2.24) is 4.90 Å². The van der Waals surface area contributed by atoms with E-state index in [0.717, 1.165) is 17.9 Å². The topological polar surface area (TPSA) is 23.6 Å². The van der Waals surface area contributed by atoms with Crippen LogP contribution in [-0.4, -0.2) is 27.7 Å². The molecule has 0 aliphatic carbocycles. The van der Waals surface area contributed by atoms with Gasteiger partial charge in [0, 0.05) is 5.75 Å². The van der Waals surface area contributed by atoms with Crippen LogP contribution in [-0.2, 0) is 11.2 Å². The Morgan fingerprint density at radius 3 is 2.44 bits per heavy atom. The van der Waals surface area contributed by atoms with Gasteiger partial charge in [-0.25, -0.2) is 0 Å². The number of amides is 1. The molecule has 128 valence electrons. The number of anilines is 1. The summed E-state index contributed by atoms with van der Waals surface area (Å²) >= 11 is 7.51. The van der Waals surface area contributed by atoms with Gasteiger partial charge in [-0.05, 0) is 48.8 Å². The number of aryl methyl sites for hydroxylation is 2. The normalized spacial score (nSPS) is 22.6. The number of rotatable bonds is 3. The van der Waals surface area contributed by atoms with E-state index in [1.165, 1.54) is 16.7 Å². The van der Waals surface area contributed by atoms with Crippen LogP contribution in [0.5, 0.6) is 0 Å². The Balaban J connectivity index is 1.65. The Morgan fingerprint density at radius 1 is 1.12 bits per heavy atom. The number of benzene rings is 2. The number of hydrogen-bond acceptors (Lipinski definition) is 3. The first-order valence-corrected chi connectivity index (χ1v) is 9.99. The highest BCUT2D eigenvalue weighted by Gasteiger charge is 2.50. The molecule has 0 spiro atoms. The van der Waals surface area contributed by atoms with Crippen LogP contribution < -0.4 is 4.90 Å². The fourth-order valence-corrected chi connectivity index (χ4v) is 5.31. The summed E-state index contributed by atoms with van der Waals surface area (Å²) in [5.41, 5.74) is 4.57. The third kappa shape index (κ3) is 2.75. The van der Waals surface area contributed by atoms with Crippen molar-refractivity contribution in [3.8, 4) is 0 Å². The van der Waals surface area contributed by atoms with E-state index in [2.05, 4.69) is 55.1 Å². The third-order valence-corrected chi connectivity index (χ3v) is 6.60. The van der Waals surface area contributed by atoms with Crippen LogP contribution in [0, 0.1) is 6.92 Å². The lowest BCUT2D eigenvalue weighted by Crippen LogP contribution is -2.33. The second-order valence-corrected chi connectivity index (χ2v) is 7.97. The van der Waals surface area contributed by atoms with Crippen LogP contribution in [0.4, 0.5) is 5.69 Å². The number of fused-ring (bicyclic) bond motifs is 1. The monoisotopic (exact) mass is 368 g/mol. The molecule has 2 aliphatic heterocycles. The molecule has 0 bridgehead atoms. The largest absolute Gasteiger partial charge is 0.319 e. The van der Waals surface area contributed by atoms with Gasteiger partial charge in [0.25, 0.3) is 5.91 Å². The van der Waals surface area contributed by atoms with Crippen molar-refractivity contribution in [2.45, 2.75) is 31.7 Å². The molecular formula is C20H20N2OS2. The first kappa shape index (κ1) is 16.6. The summed E-state index contributed by atoms with van der Waals surface area (Å²) in [4.78, 5) is 16.8. The van der Waals surface area contributed by atoms with E-state index >= 15 is 0 Å². The molecule has 2 fully saturated rings. The van der Waals surface area contributed by atoms with Crippen LogP contribution in [0.15, 0.2) is 48.5 Å². The number of thioether (sulfide) groups is 1. The number of nitrogens with zero attached hydrogens (tertiary/aromatic N) is 2. The first-order chi connectivity index (χ1) is 12.1. The minimum atomic E-state index is -0.158. The second kappa shape index (κ2) is 6.46. The average molecular weight is 369 g/mol. The van der Waals surface area contributed by atoms with Crippen molar-refractivity contribution in [3.63, 3.8) is 0 Å². The van der Waals surface area contributed by atoms with Gasteiger partial charge < -0.3 is 4.90 Å². The molecule has 1 amide bonds. The van der Waals surface area contributed by atoms with Gasteiger partial charge >= 0.3 is 0 Å². The molecule has 0 unspecified atom stereocenters. The molecule has 2 aliphatic rings. The van der Waals surface area contributed by atoms with Gasteiger partial charge in [-0.1, -0.05) is 48.9 Å². The first-order valence-electron chi connectivity index (χ1n) is 8.53. The van der Waals surface area contributed by atoms with Crippen molar-refractivity contribution < 1.29 is 4.79 Å². The third-order valence-electron chi connectivity index (χ3n) is 4.88. The Hall–Kier alpha value is -1.85. The molecule has 4 rings (SSSR count). The van der Waals surface area contributed by atoms with Gasteiger partial charge in [0.2, 0.25) is 0 Å². The van der Waals surface area contributed by atoms with E-state index < -0.39 is 0 Å². The second-order valence-electron chi connectivity index (χ2n) is 6.50. The molecule has 3 nitrogen and oxygen atoms in total. The maximum atomic E-state index is 13.0. The summed E-state index contributed by atoms with van der Waals surface area (Å²) in [7, 11) is 0. The summed E-state index contributed by atoms with van der Waals surface area (Å²) in [5.74, 6) is 0.873. The summed E-state index contributed by atoms with van der Waals surface area (Å²) in [6, 6.07) is 16.5. The van der Waals surface area contributed by atoms with Crippen LogP contribution in [0.2, 0.25) is 0 Å². The highest BCUT2D eigenvalue weighted by atomic mass is 32.2. The number of hydrogen-bond donors (Lipinski definition) is 0. The molecule has 2 atom stereocenters. The Kier molecular flexibility index (Phi) is 4.29. The zero-order valence-corrected chi connectivity index (χ0v) is 15.9. The fourth-order valence-electron chi connectivity index (χ4n) is 3.40. The molecule has 25 heavy (non-hydrogen) atoms. The molecule has 2 saturated heterocycles. The Bertz CT molecular complexity index is 817. The standard InChI is InChI=1S/C20H20N2OS2/c1-3-14-6-10-16(11-7-14)21-18(23)17-12-25-19(22(17)20(21)24)15-8-4-13(2)5-9-15/h4-11,17,19H,3,12H2,1-2H3/t17-,19-/m0/s1. The molecule has 2 aromatic carbocycles. The van der Waals surface area contributed by atoms with E-state index in [1.807, 2.05) is 12.1 Å². The van der Waals surface area contributed by atoms with Crippen molar-refractivity contribution >= 4 is 40.7 Å². The summed E-state index contributed by atoms with van der Waals surface area (Å²) in [6.45, 7) is 4.21. The van der Waals surface area contributed by atoms with Gasteiger partial charge in [0.1, 0.15) is 11.4 Å². The van der Waals surface area contributed by atoms with Crippen LogP contribution in [0.3, 0.4) is 0 Å². The summed E-state index contributed by atoms with van der Waals surface area (Å²) in [6.07, 6.45) is 0.986. The highest BCUT2D eigenvalue weighted by molar-refractivity contribution is 7.99. The number of carbonyl (C=O) groups excluding carboxylic acids is 1. The van der Waals surface area contributed by atoms with Gasteiger partial charge in [0.05, 0.1) is 5.69 Å². The zero-order valence-electron chi connectivity index (χ0n) is 14.3. The van der Waals surface area contributed by atoms with Gasteiger partial charge in [-0.2, -0.15) is 0 Å². The SMILES string of the molecule is CCc1ccc(N2C(=O)[C@@H]3CS[C@@H](c4ccc(C)cc4)N3C2=S)cc1. The minimum absolute atomic E-state index is 0.0939. The van der Waals surface area contributed by atoms with Gasteiger partial charge in [-0.3, -0.25) is 9.69 Å². The lowest BCUT2D eigenvalue weighted by atomic mass is 10.1. The lowest BCUT2D eigenvalue weighted by molar-refractivity contribution is -0.119. The lowest BCUT2D eigenvalue weighted by Gasteiger charge is -2.25. The smallest absolute Gasteiger partial charge is 0.257 e. The molecule has 5 heteroatoms. The maximum absolute atomic E-state index is 13.0. The van der Waals surface area contributed by atoms with E-state index in [4.69, 9.17) is 12.2 Å². The molecule has 0 radical (unpaired) electrons. The quantitative estimate of drug-likeness (QED) is 0.754. The molecule has 2 aromatic rings. The van der Waals surface area contributed by atoms with Gasteiger partial charge in [0.15, 0.2) is 5.11 Å². The fraction of sp³-hybridized carbons (Fsp3) is 0.300. The predicted octanol–water partition coefficient (Wildman–Crippen LogP) is 4.31. The van der Waals surface area contributed by atoms with E-state index in [1.54, 1.807) is 16.7 Å². The zero-order chi connectivity index (χ0) is 17.6. The highest BCUT2D eigenvalue weighted by Crippen LogP contribution is 2.46. The van der Waals surface area contributed by atoms with E-state index in [9.17, 15) is 4.79 Å². The number of thiocarbonyl (C=S) groups is 1. The molecule has 2 heterocycles. The maximum Gasteiger partial charge on any atom is 0.257 e. The predicted molar refractivity (Wildman–Crippen MR) is 108 cm³/mol. The van der Waals surface area contributed by atoms with Gasteiger partial charge in [-0.15, -0.1) is 11.8 Å². The van der Waals surface area contributed by atoms with Crippen molar-refractivity contribution in [1.29, 1.82) is 0 Å². The molecular weight excluding hydrogens is 348 g/mol. The van der Waals surface area contributed by atoms with Crippen LogP contribution >= 0.6 is 24.0 Å². The molecule has 0 N–H and O–H groups in total. The van der Waals surface area contributed by atoms with E-state index in [0.29, 0.717) is 5.11 Å².